The highest BCUT2D eigenvalue weighted by Crippen LogP contribution is 2.40. The molecule has 2 fully saturated rings. The van der Waals surface area contributed by atoms with E-state index in [1.807, 2.05) is 0 Å². The minimum atomic E-state index is -0.162. The third-order valence-electron chi connectivity index (χ3n) is 3.66. The maximum atomic E-state index is 12.1. The average molecular weight is 293 g/mol. The minimum absolute atomic E-state index is 0.162. The molecule has 2 aromatic heterocycles. The predicted octanol–water partition coefficient (Wildman–Crippen LogP) is 2.08. The summed E-state index contributed by atoms with van der Waals surface area (Å²) < 4.78 is 6.82. The Kier molecular flexibility index (Phi) is 2.66. The average Bonchev–Trinajstić information content (AvgIpc) is 3.31. The topological polar surface area (TPSA) is 73.8 Å². The zero-order valence-corrected chi connectivity index (χ0v) is 11.5. The Hall–Kier alpha value is -1.69. The first-order valence-corrected chi connectivity index (χ1v) is 7.18. The van der Waals surface area contributed by atoms with Crippen molar-refractivity contribution >= 4 is 11.6 Å². The molecule has 0 saturated heterocycles. The standard InChI is InChI=1S/C13H13ClN4O2/c14-9-5-11(19)18(12(15-9)7-1-2-7)6-10-16-13(20-17-10)8-3-4-8/h5,7-8H,1-4,6H2. The molecular weight excluding hydrogens is 280 g/mol. The normalized spacial score (nSPS) is 18.4. The highest BCUT2D eigenvalue weighted by Gasteiger charge is 2.31. The number of hydrogen-bond acceptors (Lipinski definition) is 5. The first-order chi connectivity index (χ1) is 9.70. The lowest BCUT2D eigenvalue weighted by Crippen LogP contribution is -2.25. The Morgan fingerprint density at radius 2 is 2.00 bits per heavy atom. The number of halogens is 1. The Bertz CT molecular complexity index is 715. The first-order valence-electron chi connectivity index (χ1n) is 6.80. The fourth-order valence-corrected chi connectivity index (χ4v) is 2.46. The van der Waals surface area contributed by atoms with Crippen LogP contribution in [0.25, 0.3) is 0 Å². The van der Waals surface area contributed by atoms with Gasteiger partial charge in [-0.05, 0) is 25.7 Å². The van der Waals surface area contributed by atoms with E-state index in [0.717, 1.165) is 31.5 Å². The molecule has 0 spiro atoms. The lowest BCUT2D eigenvalue weighted by Gasteiger charge is -2.09. The molecule has 2 aromatic rings. The molecule has 0 radical (unpaired) electrons. The zero-order chi connectivity index (χ0) is 13.7. The molecule has 4 rings (SSSR count). The van der Waals surface area contributed by atoms with Crippen molar-refractivity contribution in [2.24, 2.45) is 0 Å². The summed E-state index contributed by atoms with van der Waals surface area (Å²) in [5, 5.41) is 4.20. The molecular formula is C13H13ClN4O2. The number of hydrogen-bond donors (Lipinski definition) is 0. The van der Waals surface area contributed by atoms with Crippen molar-refractivity contribution in [3.8, 4) is 0 Å². The summed E-state index contributed by atoms with van der Waals surface area (Å²) in [4.78, 5) is 20.7. The summed E-state index contributed by atoms with van der Waals surface area (Å²) in [7, 11) is 0. The van der Waals surface area contributed by atoms with Gasteiger partial charge in [-0.2, -0.15) is 4.98 Å². The molecule has 0 unspecified atom stereocenters. The quantitative estimate of drug-likeness (QED) is 0.807. The summed E-state index contributed by atoms with van der Waals surface area (Å²) in [6.07, 6.45) is 4.31. The summed E-state index contributed by atoms with van der Waals surface area (Å²) in [6, 6.07) is 1.33. The SMILES string of the molecule is O=c1cc(Cl)nc(C2CC2)n1Cc1noc(C2CC2)n1. The van der Waals surface area contributed by atoms with Crippen molar-refractivity contribution < 1.29 is 4.52 Å². The van der Waals surface area contributed by atoms with Crippen LogP contribution < -0.4 is 5.56 Å². The number of aromatic nitrogens is 4. The van der Waals surface area contributed by atoms with E-state index in [9.17, 15) is 4.79 Å². The molecule has 0 atom stereocenters. The van der Waals surface area contributed by atoms with E-state index in [1.54, 1.807) is 4.57 Å². The molecule has 2 aliphatic rings. The van der Waals surface area contributed by atoms with E-state index in [1.165, 1.54) is 6.07 Å². The molecule has 0 amide bonds. The molecule has 0 aliphatic heterocycles. The van der Waals surface area contributed by atoms with E-state index >= 15 is 0 Å². The third-order valence-corrected chi connectivity index (χ3v) is 3.85. The van der Waals surface area contributed by atoms with Crippen LogP contribution in [-0.4, -0.2) is 19.7 Å². The van der Waals surface area contributed by atoms with Gasteiger partial charge in [-0.3, -0.25) is 9.36 Å². The lowest BCUT2D eigenvalue weighted by molar-refractivity contribution is 0.372. The van der Waals surface area contributed by atoms with Crippen molar-refractivity contribution in [3.05, 3.63) is 39.1 Å². The van der Waals surface area contributed by atoms with E-state index in [4.69, 9.17) is 16.1 Å². The van der Waals surface area contributed by atoms with Crippen LogP contribution in [0, 0.1) is 0 Å². The Morgan fingerprint density at radius 1 is 1.25 bits per heavy atom. The monoisotopic (exact) mass is 292 g/mol. The van der Waals surface area contributed by atoms with Crippen molar-refractivity contribution in [1.82, 2.24) is 19.7 Å². The van der Waals surface area contributed by atoms with Gasteiger partial charge in [0.05, 0.1) is 6.54 Å². The van der Waals surface area contributed by atoms with Crippen LogP contribution in [0.5, 0.6) is 0 Å². The van der Waals surface area contributed by atoms with Crippen molar-refractivity contribution in [2.45, 2.75) is 44.1 Å². The van der Waals surface area contributed by atoms with Crippen LogP contribution in [0.1, 0.15) is 55.1 Å². The van der Waals surface area contributed by atoms with E-state index < -0.39 is 0 Å². The molecule has 2 heterocycles. The maximum Gasteiger partial charge on any atom is 0.255 e. The molecule has 2 saturated carbocycles. The molecule has 20 heavy (non-hydrogen) atoms. The number of rotatable bonds is 4. The molecule has 2 aliphatic carbocycles. The highest BCUT2D eigenvalue weighted by molar-refractivity contribution is 6.29. The van der Waals surface area contributed by atoms with E-state index in [0.29, 0.717) is 30.1 Å². The zero-order valence-electron chi connectivity index (χ0n) is 10.8. The van der Waals surface area contributed by atoms with Gasteiger partial charge in [-0.25, -0.2) is 4.98 Å². The molecule has 0 aromatic carbocycles. The smallest absolute Gasteiger partial charge is 0.255 e. The van der Waals surface area contributed by atoms with Gasteiger partial charge in [0.1, 0.15) is 11.0 Å². The van der Waals surface area contributed by atoms with Crippen LogP contribution in [0.4, 0.5) is 0 Å². The van der Waals surface area contributed by atoms with Crippen molar-refractivity contribution in [1.29, 1.82) is 0 Å². The van der Waals surface area contributed by atoms with Gasteiger partial charge in [0.2, 0.25) is 5.89 Å². The van der Waals surface area contributed by atoms with Gasteiger partial charge in [0, 0.05) is 17.9 Å². The Balaban J connectivity index is 1.68. The third kappa shape index (κ3) is 2.24. The number of nitrogens with zero attached hydrogens (tertiary/aromatic N) is 4. The Morgan fingerprint density at radius 3 is 2.70 bits per heavy atom. The molecule has 6 nitrogen and oxygen atoms in total. The second kappa shape index (κ2) is 4.41. The molecule has 0 N–H and O–H groups in total. The fraction of sp³-hybridized carbons (Fsp3) is 0.538. The minimum Gasteiger partial charge on any atom is -0.339 e. The van der Waals surface area contributed by atoms with Crippen LogP contribution in [0.2, 0.25) is 5.15 Å². The Labute approximate surface area is 119 Å². The first kappa shape index (κ1) is 12.1. The summed E-state index contributed by atoms with van der Waals surface area (Å²) in [6.45, 7) is 0.297. The maximum absolute atomic E-state index is 12.1. The van der Waals surface area contributed by atoms with Gasteiger partial charge >= 0.3 is 0 Å². The van der Waals surface area contributed by atoms with Gasteiger partial charge in [-0.15, -0.1) is 0 Å². The van der Waals surface area contributed by atoms with Crippen LogP contribution in [0.3, 0.4) is 0 Å². The summed E-state index contributed by atoms with van der Waals surface area (Å²) in [5.74, 6) is 2.69. The molecule has 0 bridgehead atoms. The second-order valence-electron chi connectivity index (χ2n) is 5.46. The van der Waals surface area contributed by atoms with E-state index in [2.05, 4.69) is 15.1 Å². The van der Waals surface area contributed by atoms with Crippen LogP contribution in [0.15, 0.2) is 15.4 Å². The second-order valence-corrected chi connectivity index (χ2v) is 5.85. The summed E-state index contributed by atoms with van der Waals surface area (Å²) in [5.41, 5.74) is -0.162. The van der Waals surface area contributed by atoms with E-state index in [-0.39, 0.29) is 10.7 Å². The fourth-order valence-electron chi connectivity index (χ4n) is 2.28. The van der Waals surface area contributed by atoms with Gasteiger partial charge in [0.25, 0.3) is 5.56 Å². The van der Waals surface area contributed by atoms with Crippen LogP contribution >= 0.6 is 11.6 Å². The lowest BCUT2D eigenvalue weighted by atomic mass is 10.3. The molecule has 104 valence electrons. The predicted molar refractivity (Wildman–Crippen MR) is 70.9 cm³/mol. The van der Waals surface area contributed by atoms with Crippen molar-refractivity contribution in [2.75, 3.05) is 0 Å². The van der Waals surface area contributed by atoms with Gasteiger partial charge < -0.3 is 4.52 Å². The largest absolute Gasteiger partial charge is 0.339 e. The van der Waals surface area contributed by atoms with Gasteiger partial charge in [0.15, 0.2) is 5.82 Å². The van der Waals surface area contributed by atoms with Crippen LogP contribution in [-0.2, 0) is 6.54 Å². The molecule has 7 heteroatoms. The van der Waals surface area contributed by atoms with Gasteiger partial charge in [-0.1, -0.05) is 16.8 Å². The highest BCUT2D eigenvalue weighted by atomic mass is 35.5. The summed E-state index contributed by atoms with van der Waals surface area (Å²) >= 11 is 5.88. The van der Waals surface area contributed by atoms with Crippen molar-refractivity contribution in [3.63, 3.8) is 0 Å².